The van der Waals surface area contributed by atoms with E-state index in [9.17, 15) is 12.3 Å². The van der Waals surface area contributed by atoms with Crippen LogP contribution in [0.4, 0.5) is 3.89 Å². The Labute approximate surface area is 89.6 Å². The number of hydrogen-bond donors (Lipinski definition) is 0. The zero-order chi connectivity index (χ0) is 10.9. The largest absolute Gasteiger partial charge is 0.361 e. The molecule has 1 heterocycles. The van der Waals surface area contributed by atoms with Gasteiger partial charge in [0.25, 0.3) is 4.34 Å². The van der Waals surface area contributed by atoms with Crippen LogP contribution in [0.25, 0.3) is 10.6 Å². The summed E-state index contributed by atoms with van der Waals surface area (Å²) >= 11 is 0.708. The Bertz CT molecular complexity index is 565. The summed E-state index contributed by atoms with van der Waals surface area (Å²) in [5.41, 5.74) is 0.713. The highest BCUT2D eigenvalue weighted by atomic mass is 32.3. The second-order valence-electron chi connectivity index (χ2n) is 2.68. The number of halogens is 1. The van der Waals surface area contributed by atoms with Crippen LogP contribution in [0.5, 0.6) is 0 Å². The molecule has 0 bridgehead atoms. The first kappa shape index (κ1) is 10.2. The van der Waals surface area contributed by atoms with Gasteiger partial charge in [-0.1, -0.05) is 45.6 Å². The van der Waals surface area contributed by atoms with Gasteiger partial charge in [-0.2, -0.15) is 8.42 Å². The van der Waals surface area contributed by atoms with E-state index in [1.165, 1.54) is 0 Å². The topological polar surface area (TPSA) is 59.9 Å². The Balaban J connectivity index is 2.46. The molecule has 0 saturated carbocycles. The van der Waals surface area contributed by atoms with Crippen molar-refractivity contribution in [1.82, 2.24) is 10.2 Å². The maximum absolute atomic E-state index is 12.5. The molecule has 0 saturated heterocycles. The van der Waals surface area contributed by atoms with Gasteiger partial charge < -0.3 is 0 Å². The Hall–Kier alpha value is -1.34. The summed E-state index contributed by atoms with van der Waals surface area (Å²) in [6.07, 6.45) is 0. The second-order valence-corrected chi connectivity index (χ2v) is 5.18. The minimum atomic E-state index is -4.75. The molecular weight excluding hydrogens is 239 g/mol. The number of hydrogen-bond acceptors (Lipinski definition) is 5. The average molecular weight is 244 g/mol. The smallest absolute Gasteiger partial charge is 0.187 e. The molecule has 0 atom stereocenters. The van der Waals surface area contributed by atoms with Crippen molar-refractivity contribution >= 4 is 21.6 Å². The van der Waals surface area contributed by atoms with E-state index in [2.05, 4.69) is 10.2 Å². The van der Waals surface area contributed by atoms with E-state index in [4.69, 9.17) is 0 Å². The van der Waals surface area contributed by atoms with Crippen molar-refractivity contribution in [2.45, 2.75) is 4.34 Å². The molecule has 4 nitrogen and oxygen atoms in total. The van der Waals surface area contributed by atoms with E-state index in [1.54, 1.807) is 24.3 Å². The zero-order valence-electron chi connectivity index (χ0n) is 7.29. The summed E-state index contributed by atoms with van der Waals surface area (Å²) in [7, 11) is -4.75. The fourth-order valence-corrected chi connectivity index (χ4v) is 2.36. The highest BCUT2D eigenvalue weighted by Gasteiger charge is 2.18. The van der Waals surface area contributed by atoms with Crippen LogP contribution in [-0.2, 0) is 10.2 Å². The van der Waals surface area contributed by atoms with Gasteiger partial charge >= 0.3 is 10.2 Å². The van der Waals surface area contributed by atoms with Crippen molar-refractivity contribution in [3.8, 4) is 10.6 Å². The molecule has 0 aliphatic carbocycles. The van der Waals surface area contributed by atoms with Crippen LogP contribution in [0.1, 0.15) is 0 Å². The Morgan fingerprint density at radius 3 is 2.33 bits per heavy atom. The Morgan fingerprint density at radius 2 is 1.80 bits per heavy atom. The molecule has 0 unspecified atom stereocenters. The monoisotopic (exact) mass is 244 g/mol. The highest BCUT2D eigenvalue weighted by molar-refractivity contribution is 7.88. The summed E-state index contributed by atoms with van der Waals surface area (Å²) in [6.45, 7) is 0. The predicted octanol–water partition coefficient (Wildman–Crippen LogP) is 1.86. The third-order valence-corrected chi connectivity index (χ3v) is 3.75. The molecule has 0 aliphatic heterocycles. The summed E-state index contributed by atoms with van der Waals surface area (Å²) in [5, 5.41) is 7.25. The molecule has 15 heavy (non-hydrogen) atoms. The van der Waals surface area contributed by atoms with Crippen molar-refractivity contribution in [2.24, 2.45) is 0 Å². The lowest BCUT2D eigenvalue weighted by Gasteiger charge is -1.90. The molecule has 0 spiro atoms. The molecule has 0 N–H and O–H groups in total. The number of benzene rings is 1. The third-order valence-electron chi connectivity index (χ3n) is 1.64. The van der Waals surface area contributed by atoms with Crippen LogP contribution >= 0.6 is 11.3 Å². The molecule has 1 aromatic carbocycles. The lowest BCUT2D eigenvalue weighted by atomic mass is 10.2. The second kappa shape index (κ2) is 3.67. The Morgan fingerprint density at radius 1 is 1.13 bits per heavy atom. The Kier molecular flexibility index (Phi) is 2.49. The molecule has 78 valence electrons. The standard InChI is InChI=1S/C8H5FN2O2S2/c9-15(12,13)8-11-10-7(14-8)6-4-2-1-3-5-6/h1-5H. The summed E-state index contributed by atoms with van der Waals surface area (Å²) in [4.78, 5) is 0. The molecule has 0 aliphatic rings. The summed E-state index contributed by atoms with van der Waals surface area (Å²) < 4.78 is 33.0. The van der Waals surface area contributed by atoms with Gasteiger partial charge in [0.05, 0.1) is 0 Å². The van der Waals surface area contributed by atoms with E-state index >= 15 is 0 Å². The lowest BCUT2D eigenvalue weighted by molar-refractivity contribution is 0.550. The van der Waals surface area contributed by atoms with Crippen molar-refractivity contribution in [3.05, 3.63) is 30.3 Å². The maximum Gasteiger partial charge on any atom is 0.361 e. The third kappa shape index (κ3) is 2.18. The van der Waals surface area contributed by atoms with Crippen LogP contribution in [0.2, 0.25) is 0 Å². The van der Waals surface area contributed by atoms with Gasteiger partial charge in [-0.15, -0.1) is 10.2 Å². The van der Waals surface area contributed by atoms with Gasteiger partial charge in [0, 0.05) is 5.56 Å². The van der Waals surface area contributed by atoms with Crippen molar-refractivity contribution in [3.63, 3.8) is 0 Å². The predicted molar refractivity (Wildman–Crippen MR) is 53.6 cm³/mol. The van der Waals surface area contributed by atoms with Crippen LogP contribution in [0.15, 0.2) is 34.7 Å². The summed E-state index contributed by atoms with van der Waals surface area (Å²) in [6, 6.07) is 8.86. The van der Waals surface area contributed by atoms with Crippen molar-refractivity contribution in [2.75, 3.05) is 0 Å². The minimum absolute atomic E-state index is 0.381. The van der Waals surface area contributed by atoms with Crippen LogP contribution in [0, 0.1) is 0 Å². The van der Waals surface area contributed by atoms with Gasteiger partial charge in [-0.05, 0) is 0 Å². The van der Waals surface area contributed by atoms with Gasteiger partial charge in [0.2, 0.25) is 0 Å². The number of rotatable bonds is 2. The SMILES string of the molecule is O=S(=O)(F)c1nnc(-c2ccccc2)s1. The van der Waals surface area contributed by atoms with E-state index < -0.39 is 14.6 Å². The average Bonchev–Trinajstić information content (AvgIpc) is 2.67. The van der Waals surface area contributed by atoms with E-state index in [1.807, 2.05) is 6.07 Å². The molecule has 7 heteroatoms. The molecule has 0 fully saturated rings. The van der Waals surface area contributed by atoms with Gasteiger partial charge in [-0.3, -0.25) is 0 Å². The van der Waals surface area contributed by atoms with E-state index in [-0.39, 0.29) is 0 Å². The van der Waals surface area contributed by atoms with Crippen LogP contribution in [-0.4, -0.2) is 18.6 Å². The van der Waals surface area contributed by atoms with Gasteiger partial charge in [-0.25, -0.2) is 0 Å². The molecule has 2 aromatic rings. The van der Waals surface area contributed by atoms with Gasteiger partial charge in [0.1, 0.15) is 5.01 Å². The molecular formula is C8H5FN2O2S2. The zero-order valence-corrected chi connectivity index (χ0v) is 8.93. The number of aromatic nitrogens is 2. The van der Waals surface area contributed by atoms with Crippen molar-refractivity contribution < 1.29 is 12.3 Å². The highest BCUT2D eigenvalue weighted by Crippen LogP contribution is 2.26. The quantitative estimate of drug-likeness (QED) is 0.756. The van der Waals surface area contributed by atoms with Crippen molar-refractivity contribution in [1.29, 1.82) is 0 Å². The van der Waals surface area contributed by atoms with Gasteiger partial charge in [0.15, 0.2) is 0 Å². The summed E-state index contributed by atoms with van der Waals surface area (Å²) in [5.74, 6) is 0. The fourth-order valence-electron chi connectivity index (χ4n) is 1.01. The lowest BCUT2D eigenvalue weighted by Crippen LogP contribution is -1.89. The van der Waals surface area contributed by atoms with Crippen LogP contribution in [0.3, 0.4) is 0 Å². The molecule has 0 amide bonds. The van der Waals surface area contributed by atoms with E-state index in [0.717, 1.165) is 0 Å². The maximum atomic E-state index is 12.5. The first-order chi connectivity index (χ1) is 7.07. The first-order valence-corrected chi connectivity index (χ1v) is 6.11. The molecule has 0 radical (unpaired) electrons. The number of nitrogens with zero attached hydrogens (tertiary/aromatic N) is 2. The molecule has 1 aromatic heterocycles. The normalized spacial score (nSPS) is 11.5. The minimum Gasteiger partial charge on any atom is -0.187 e. The van der Waals surface area contributed by atoms with Crippen LogP contribution < -0.4 is 0 Å². The first-order valence-electron chi connectivity index (χ1n) is 3.91. The van der Waals surface area contributed by atoms with E-state index in [0.29, 0.717) is 21.9 Å². The molecule has 2 rings (SSSR count). The fraction of sp³-hybridized carbons (Fsp3) is 0.